The summed E-state index contributed by atoms with van der Waals surface area (Å²) in [4.78, 5) is 11.7. The Morgan fingerprint density at radius 1 is 1.43 bits per heavy atom. The van der Waals surface area contributed by atoms with Gasteiger partial charge in [0.25, 0.3) is 0 Å². The molecule has 0 aromatic carbocycles. The molecule has 0 N–H and O–H groups in total. The fourth-order valence-electron chi connectivity index (χ4n) is 1.53. The second-order valence-corrected chi connectivity index (χ2v) is 3.91. The molecule has 4 nitrogen and oxygen atoms in total. The van der Waals surface area contributed by atoms with Crippen LogP contribution in [0.5, 0.6) is 0 Å². The van der Waals surface area contributed by atoms with Crippen LogP contribution >= 0.6 is 0 Å². The number of esters is 1. The van der Waals surface area contributed by atoms with E-state index in [9.17, 15) is 4.79 Å². The molecule has 0 amide bonds. The lowest BCUT2D eigenvalue weighted by molar-refractivity contribution is -0.158. The predicted octanol–water partition coefficient (Wildman–Crippen LogP) is 1.01. The molecule has 14 heavy (non-hydrogen) atoms. The second kappa shape index (κ2) is 3.58. The van der Waals surface area contributed by atoms with Crippen molar-refractivity contribution < 1.29 is 14.3 Å². The largest absolute Gasteiger partial charge is 0.461 e. The maximum atomic E-state index is 11.7. The Kier molecular flexibility index (Phi) is 2.42. The molecule has 0 bridgehead atoms. The van der Waals surface area contributed by atoms with Gasteiger partial charge in [-0.25, -0.2) is 0 Å². The minimum atomic E-state index is -0.930. The van der Waals surface area contributed by atoms with Crippen LogP contribution in [0.4, 0.5) is 0 Å². The second-order valence-electron chi connectivity index (χ2n) is 3.91. The average Bonchev–Trinajstić information content (AvgIpc) is 3.02. The molecule has 0 unspecified atom stereocenters. The van der Waals surface area contributed by atoms with Crippen LogP contribution in [0, 0.1) is 16.7 Å². The van der Waals surface area contributed by atoms with Gasteiger partial charge in [-0.3, -0.25) is 4.79 Å². The Hall–Kier alpha value is -1.08. The minimum absolute atomic E-state index is 0.0792. The molecule has 0 aromatic rings. The van der Waals surface area contributed by atoms with Crippen LogP contribution in [0.1, 0.15) is 25.7 Å². The highest BCUT2D eigenvalue weighted by Crippen LogP contribution is 2.34. The molecular weight excluding hydrogens is 182 g/mol. The fourth-order valence-corrected chi connectivity index (χ4v) is 1.53. The first-order chi connectivity index (χ1) is 6.77. The molecule has 0 aromatic heterocycles. The van der Waals surface area contributed by atoms with Crippen LogP contribution in [-0.2, 0) is 14.3 Å². The van der Waals surface area contributed by atoms with E-state index in [2.05, 4.69) is 6.07 Å². The Bertz CT molecular complexity index is 272. The third-order valence-electron chi connectivity index (χ3n) is 2.75. The highest BCUT2D eigenvalue weighted by Gasteiger charge is 2.44. The SMILES string of the molecule is N#CC1(C(=O)OC2CC2)CCOCC1. The maximum Gasteiger partial charge on any atom is 0.326 e. The normalized spacial score (nSPS) is 25.1. The van der Waals surface area contributed by atoms with E-state index in [0.717, 1.165) is 12.8 Å². The number of ether oxygens (including phenoxy) is 2. The minimum Gasteiger partial charge on any atom is -0.461 e. The number of carbonyl (C=O) groups is 1. The third-order valence-corrected chi connectivity index (χ3v) is 2.75. The number of rotatable bonds is 2. The van der Waals surface area contributed by atoms with Gasteiger partial charge in [0.05, 0.1) is 6.07 Å². The van der Waals surface area contributed by atoms with Crippen molar-refractivity contribution in [1.82, 2.24) is 0 Å². The Morgan fingerprint density at radius 2 is 2.07 bits per heavy atom. The van der Waals surface area contributed by atoms with Crippen molar-refractivity contribution in [3.8, 4) is 6.07 Å². The fraction of sp³-hybridized carbons (Fsp3) is 0.800. The van der Waals surface area contributed by atoms with Gasteiger partial charge in [0, 0.05) is 26.1 Å². The van der Waals surface area contributed by atoms with E-state index in [1.165, 1.54) is 0 Å². The summed E-state index contributed by atoms with van der Waals surface area (Å²) in [5, 5.41) is 9.04. The zero-order valence-electron chi connectivity index (χ0n) is 7.99. The lowest BCUT2D eigenvalue weighted by atomic mass is 9.82. The zero-order chi connectivity index (χ0) is 10.0. The first kappa shape index (κ1) is 9.47. The Labute approximate surface area is 82.8 Å². The van der Waals surface area contributed by atoms with Crippen molar-refractivity contribution in [3.05, 3.63) is 0 Å². The maximum absolute atomic E-state index is 11.7. The molecule has 0 spiro atoms. The molecule has 2 aliphatic rings. The molecule has 1 heterocycles. The summed E-state index contributed by atoms with van der Waals surface area (Å²) < 4.78 is 10.3. The lowest BCUT2D eigenvalue weighted by Gasteiger charge is -2.28. The first-order valence-electron chi connectivity index (χ1n) is 4.97. The number of hydrogen-bond donors (Lipinski definition) is 0. The summed E-state index contributed by atoms with van der Waals surface area (Å²) in [6, 6.07) is 2.10. The van der Waals surface area contributed by atoms with Crippen molar-refractivity contribution in [1.29, 1.82) is 5.26 Å². The number of nitriles is 1. The van der Waals surface area contributed by atoms with Crippen LogP contribution in [0.15, 0.2) is 0 Å². The van der Waals surface area contributed by atoms with Gasteiger partial charge in [-0.15, -0.1) is 0 Å². The van der Waals surface area contributed by atoms with Crippen molar-refractivity contribution in [2.45, 2.75) is 31.8 Å². The van der Waals surface area contributed by atoms with E-state index in [4.69, 9.17) is 14.7 Å². The number of carbonyl (C=O) groups excluding carboxylic acids is 1. The van der Waals surface area contributed by atoms with Gasteiger partial charge >= 0.3 is 5.97 Å². The molecule has 2 fully saturated rings. The van der Waals surface area contributed by atoms with E-state index >= 15 is 0 Å². The van der Waals surface area contributed by atoms with Gasteiger partial charge < -0.3 is 9.47 Å². The molecule has 4 heteroatoms. The summed E-state index contributed by atoms with van der Waals surface area (Å²) >= 11 is 0. The summed E-state index contributed by atoms with van der Waals surface area (Å²) in [5.74, 6) is -0.342. The van der Waals surface area contributed by atoms with Crippen molar-refractivity contribution >= 4 is 5.97 Å². The molecule has 0 atom stereocenters. The standard InChI is InChI=1S/C10H13NO3/c11-7-10(3-5-13-6-4-10)9(12)14-8-1-2-8/h8H,1-6H2. The highest BCUT2D eigenvalue weighted by molar-refractivity contribution is 5.80. The van der Waals surface area contributed by atoms with Gasteiger partial charge in [0.15, 0.2) is 5.41 Å². The Morgan fingerprint density at radius 3 is 2.57 bits per heavy atom. The van der Waals surface area contributed by atoms with E-state index in [1.54, 1.807) is 0 Å². The van der Waals surface area contributed by atoms with Gasteiger partial charge in [-0.05, 0) is 12.8 Å². The van der Waals surface area contributed by atoms with Crippen LogP contribution in [0.25, 0.3) is 0 Å². The summed E-state index contributed by atoms with van der Waals surface area (Å²) in [6.07, 6.45) is 2.91. The highest BCUT2D eigenvalue weighted by atomic mass is 16.6. The Balaban J connectivity index is 2.01. The van der Waals surface area contributed by atoms with Crippen LogP contribution in [0.2, 0.25) is 0 Å². The molecule has 2 rings (SSSR count). The monoisotopic (exact) mass is 195 g/mol. The van der Waals surface area contributed by atoms with Gasteiger partial charge in [-0.2, -0.15) is 5.26 Å². The zero-order valence-corrected chi connectivity index (χ0v) is 7.99. The topological polar surface area (TPSA) is 59.3 Å². The van der Waals surface area contributed by atoms with Crippen LogP contribution in [-0.4, -0.2) is 25.3 Å². The van der Waals surface area contributed by atoms with Crippen LogP contribution < -0.4 is 0 Å². The summed E-state index contributed by atoms with van der Waals surface area (Å²) in [7, 11) is 0. The summed E-state index contributed by atoms with van der Waals surface area (Å²) in [6.45, 7) is 0.959. The summed E-state index contributed by atoms with van der Waals surface area (Å²) in [5.41, 5.74) is -0.930. The van der Waals surface area contributed by atoms with Crippen molar-refractivity contribution in [2.75, 3.05) is 13.2 Å². The quantitative estimate of drug-likeness (QED) is 0.617. The first-order valence-corrected chi connectivity index (χ1v) is 4.97. The average molecular weight is 195 g/mol. The molecule has 1 saturated heterocycles. The predicted molar refractivity (Wildman–Crippen MR) is 47.2 cm³/mol. The van der Waals surface area contributed by atoms with Gasteiger partial charge in [0.1, 0.15) is 6.10 Å². The third kappa shape index (κ3) is 1.73. The number of hydrogen-bond acceptors (Lipinski definition) is 4. The van der Waals surface area contributed by atoms with Gasteiger partial charge in [-0.1, -0.05) is 0 Å². The molecular formula is C10H13NO3. The molecule has 1 saturated carbocycles. The van der Waals surface area contributed by atoms with Crippen molar-refractivity contribution in [2.24, 2.45) is 5.41 Å². The number of nitrogens with zero attached hydrogens (tertiary/aromatic N) is 1. The van der Waals surface area contributed by atoms with E-state index in [0.29, 0.717) is 26.1 Å². The lowest BCUT2D eigenvalue weighted by Crippen LogP contribution is -2.37. The van der Waals surface area contributed by atoms with E-state index < -0.39 is 5.41 Å². The molecule has 1 aliphatic carbocycles. The molecule has 1 aliphatic heterocycles. The molecule has 0 radical (unpaired) electrons. The van der Waals surface area contributed by atoms with Crippen LogP contribution in [0.3, 0.4) is 0 Å². The van der Waals surface area contributed by atoms with E-state index in [-0.39, 0.29) is 12.1 Å². The van der Waals surface area contributed by atoms with Gasteiger partial charge in [0.2, 0.25) is 0 Å². The molecule has 76 valence electrons. The smallest absolute Gasteiger partial charge is 0.326 e. The van der Waals surface area contributed by atoms with Crippen molar-refractivity contribution in [3.63, 3.8) is 0 Å². The van der Waals surface area contributed by atoms with E-state index in [1.807, 2.05) is 0 Å².